The Bertz CT molecular complexity index is 1390. The van der Waals surface area contributed by atoms with Crippen molar-refractivity contribution in [3.63, 3.8) is 0 Å². The zero-order valence-electron chi connectivity index (χ0n) is 19.8. The maximum Gasteiger partial charge on any atom is 0.322 e. The Morgan fingerprint density at radius 3 is 2.71 bits per heavy atom. The second kappa shape index (κ2) is 9.62. The van der Waals surface area contributed by atoms with Gasteiger partial charge in [-0.1, -0.05) is 43.3 Å². The van der Waals surface area contributed by atoms with Gasteiger partial charge in [-0.3, -0.25) is 0 Å². The smallest absolute Gasteiger partial charge is 0.320 e. The number of carbonyl (C=O) groups is 1. The molecule has 0 atom stereocenters. The molecule has 0 aliphatic carbocycles. The number of pyridine rings is 1. The number of nitrogens with zero attached hydrogens (tertiary/aromatic N) is 4. The summed E-state index contributed by atoms with van der Waals surface area (Å²) < 4.78 is 13.4. The molecule has 1 N–H and O–H groups in total. The molecular formula is C28H26FN5O. The highest BCUT2D eigenvalue weighted by molar-refractivity contribution is 5.89. The van der Waals surface area contributed by atoms with Crippen LogP contribution in [0.4, 0.5) is 14.9 Å². The quantitative estimate of drug-likeness (QED) is 0.385. The summed E-state index contributed by atoms with van der Waals surface area (Å²) in [6.45, 7) is 5.07. The lowest BCUT2D eigenvalue weighted by molar-refractivity contribution is 0.206. The summed E-state index contributed by atoms with van der Waals surface area (Å²) in [6, 6.07) is 18.7. The van der Waals surface area contributed by atoms with Crippen LogP contribution in [-0.4, -0.2) is 32.4 Å². The van der Waals surface area contributed by atoms with Crippen LogP contribution in [0, 0.1) is 12.9 Å². The highest BCUT2D eigenvalue weighted by atomic mass is 19.1. The fourth-order valence-corrected chi connectivity index (χ4v) is 4.36. The molecule has 0 bridgehead atoms. The first kappa shape index (κ1) is 22.7. The lowest BCUT2D eigenvalue weighted by Crippen LogP contribution is -2.39. The van der Waals surface area contributed by atoms with Gasteiger partial charge in [0.15, 0.2) is 5.82 Å². The molecule has 35 heavy (non-hydrogen) atoms. The van der Waals surface area contributed by atoms with Crippen LogP contribution >= 0.6 is 0 Å². The number of aromatic nitrogens is 3. The SMILES string of the molecule is CCc1cccc(NC(=O)N2CCc3nc(-c4ccc(F)nc4)nc(-c4ccccc4C)c3C2)c1. The topological polar surface area (TPSA) is 71.0 Å². The Kier molecular flexibility index (Phi) is 6.23. The van der Waals surface area contributed by atoms with Gasteiger partial charge in [-0.05, 0) is 48.7 Å². The van der Waals surface area contributed by atoms with Crippen LogP contribution in [0.2, 0.25) is 0 Å². The molecule has 6 nitrogen and oxygen atoms in total. The van der Waals surface area contributed by atoms with Crippen LogP contribution in [0.15, 0.2) is 66.9 Å². The van der Waals surface area contributed by atoms with Crippen molar-refractivity contribution in [2.75, 3.05) is 11.9 Å². The normalized spacial score (nSPS) is 12.8. The molecule has 4 aromatic rings. The highest BCUT2D eigenvalue weighted by Gasteiger charge is 2.27. The Labute approximate surface area is 203 Å². The van der Waals surface area contributed by atoms with E-state index in [0.717, 1.165) is 40.2 Å². The molecule has 2 aromatic heterocycles. The van der Waals surface area contributed by atoms with E-state index in [1.807, 2.05) is 55.5 Å². The third kappa shape index (κ3) is 4.75. The minimum absolute atomic E-state index is 0.147. The van der Waals surface area contributed by atoms with Crippen molar-refractivity contribution in [1.29, 1.82) is 0 Å². The number of fused-ring (bicyclic) bond motifs is 1. The number of urea groups is 1. The number of rotatable bonds is 4. The first-order valence-electron chi connectivity index (χ1n) is 11.7. The van der Waals surface area contributed by atoms with Gasteiger partial charge < -0.3 is 10.2 Å². The number of anilines is 1. The zero-order chi connectivity index (χ0) is 24.4. The zero-order valence-corrected chi connectivity index (χ0v) is 19.8. The van der Waals surface area contributed by atoms with E-state index in [4.69, 9.17) is 9.97 Å². The van der Waals surface area contributed by atoms with E-state index in [-0.39, 0.29) is 6.03 Å². The van der Waals surface area contributed by atoms with Gasteiger partial charge in [0.2, 0.25) is 5.95 Å². The van der Waals surface area contributed by atoms with E-state index in [1.165, 1.54) is 17.8 Å². The van der Waals surface area contributed by atoms with Crippen LogP contribution < -0.4 is 5.32 Å². The Morgan fingerprint density at radius 1 is 1.09 bits per heavy atom. The van der Waals surface area contributed by atoms with Gasteiger partial charge >= 0.3 is 6.03 Å². The fourth-order valence-electron chi connectivity index (χ4n) is 4.36. The maximum absolute atomic E-state index is 13.4. The van der Waals surface area contributed by atoms with E-state index in [9.17, 15) is 9.18 Å². The van der Waals surface area contributed by atoms with E-state index in [0.29, 0.717) is 30.9 Å². The van der Waals surface area contributed by atoms with Gasteiger partial charge in [0, 0.05) is 41.5 Å². The van der Waals surface area contributed by atoms with E-state index < -0.39 is 5.95 Å². The average molecular weight is 468 g/mol. The van der Waals surface area contributed by atoms with Crippen LogP contribution in [0.3, 0.4) is 0 Å². The Balaban J connectivity index is 1.51. The van der Waals surface area contributed by atoms with Gasteiger partial charge in [-0.25, -0.2) is 19.7 Å². The van der Waals surface area contributed by atoms with Crippen LogP contribution in [0.1, 0.15) is 29.3 Å². The predicted octanol–water partition coefficient (Wildman–Crippen LogP) is 5.81. The first-order chi connectivity index (χ1) is 17.0. The predicted molar refractivity (Wildman–Crippen MR) is 134 cm³/mol. The number of nitrogens with one attached hydrogen (secondary N) is 1. The second-order valence-corrected chi connectivity index (χ2v) is 8.66. The van der Waals surface area contributed by atoms with Crippen molar-refractivity contribution < 1.29 is 9.18 Å². The summed E-state index contributed by atoms with van der Waals surface area (Å²) in [7, 11) is 0. The van der Waals surface area contributed by atoms with Crippen molar-refractivity contribution in [3.05, 3.63) is 95.2 Å². The summed E-state index contributed by atoms with van der Waals surface area (Å²) >= 11 is 0. The van der Waals surface area contributed by atoms with E-state index in [2.05, 4.69) is 17.2 Å². The van der Waals surface area contributed by atoms with E-state index >= 15 is 0 Å². The summed E-state index contributed by atoms with van der Waals surface area (Å²) in [5.41, 5.74) is 7.30. The molecule has 1 aliphatic rings. The molecule has 0 saturated carbocycles. The van der Waals surface area contributed by atoms with Gasteiger partial charge in [0.1, 0.15) is 0 Å². The summed E-state index contributed by atoms with van der Waals surface area (Å²) in [6.07, 6.45) is 2.95. The lowest BCUT2D eigenvalue weighted by atomic mass is 9.96. The number of hydrogen-bond donors (Lipinski definition) is 1. The molecule has 176 valence electrons. The standard InChI is InChI=1S/C28H26FN5O/c1-3-19-8-6-9-21(15-19)31-28(35)34-14-13-24-23(17-34)26(22-10-5-4-7-18(22)2)33-27(32-24)20-11-12-25(29)30-16-20/h4-12,15-16H,3,13-14,17H2,1-2H3,(H,31,35). The molecule has 0 unspecified atom stereocenters. The molecule has 1 aliphatic heterocycles. The third-order valence-electron chi connectivity index (χ3n) is 6.32. The van der Waals surface area contributed by atoms with Crippen molar-refractivity contribution in [3.8, 4) is 22.6 Å². The monoisotopic (exact) mass is 467 g/mol. The third-order valence-corrected chi connectivity index (χ3v) is 6.32. The summed E-state index contributed by atoms with van der Waals surface area (Å²) in [5, 5.41) is 3.03. The molecule has 3 heterocycles. The molecule has 0 saturated heterocycles. The molecule has 5 rings (SSSR count). The first-order valence-corrected chi connectivity index (χ1v) is 11.7. The minimum Gasteiger partial charge on any atom is -0.320 e. The van der Waals surface area contributed by atoms with Gasteiger partial charge in [0.25, 0.3) is 0 Å². The Morgan fingerprint density at radius 2 is 1.94 bits per heavy atom. The molecule has 0 radical (unpaired) electrons. The molecule has 2 amide bonds. The molecular weight excluding hydrogens is 441 g/mol. The van der Waals surface area contributed by atoms with Crippen LogP contribution in [0.5, 0.6) is 0 Å². The number of aryl methyl sites for hydroxylation is 2. The van der Waals surface area contributed by atoms with Crippen molar-refractivity contribution >= 4 is 11.7 Å². The highest BCUT2D eigenvalue weighted by Crippen LogP contribution is 2.32. The molecule has 7 heteroatoms. The number of amides is 2. The Hall–Kier alpha value is -4.13. The van der Waals surface area contributed by atoms with Crippen LogP contribution in [-0.2, 0) is 19.4 Å². The maximum atomic E-state index is 13.4. The summed E-state index contributed by atoms with van der Waals surface area (Å²) in [5.74, 6) is -0.0410. The van der Waals surface area contributed by atoms with E-state index in [1.54, 1.807) is 11.0 Å². The van der Waals surface area contributed by atoms with Crippen molar-refractivity contribution in [2.45, 2.75) is 33.2 Å². The summed E-state index contributed by atoms with van der Waals surface area (Å²) in [4.78, 5) is 28.4. The van der Waals surface area contributed by atoms with Crippen LogP contribution in [0.25, 0.3) is 22.6 Å². The second-order valence-electron chi connectivity index (χ2n) is 8.66. The average Bonchev–Trinajstić information content (AvgIpc) is 2.88. The number of benzene rings is 2. The van der Waals surface area contributed by atoms with Gasteiger partial charge in [-0.2, -0.15) is 4.39 Å². The van der Waals surface area contributed by atoms with Crippen molar-refractivity contribution in [2.24, 2.45) is 0 Å². The number of carbonyl (C=O) groups excluding carboxylic acids is 1. The molecule has 0 spiro atoms. The minimum atomic E-state index is -0.544. The largest absolute Gasteiger partial charge is 0.322 e. The molecule has 2 aromatic carbocycles. The number of halogens is 1. The van der Waals surface area contributed by atoms with Crippen molar-refractivity contribution in [1.82, 2.24) is 19.9 Å². The van der Waals surface area contributed by atoms with Gasteiger partial charge in [-0.15, -0.1) is 0 Å². The number of hydrogen-bond acceptors (Lipinski definition) is 4. The van der Waals surface area contributed by atoms with Gasteiger partial charge in [0.05, 0.1) is 17.9 Å². The fraction of sp³-hybridized carbons (Fsp3) is 0.214. The lowest BCUT2D eigenvalue weighted by Gasteiger charge is -2.30. The molecule has 0 fully saturated rings.